The van der Waals surface area contributed by atoms with Gasteiger partial charge in [-0.15, -0.1) is 0 Å². The quantitative estimate of drug-likeness (QED) is 0.844. The molecule has 2 aliphatic heterocycles. The van der Waals surface area contributed by atoms with Crippen molar-refractivity contribution >= 4 is 5.91 Å². The Labute approximate surface area is 124 Å². The molecule has 4 rings (SSSR count). The highest BCUT2D eigenvalue weighted by Gasteiger charge is 2.55. The molecule has 2 saturated heterocycles. The molecule has 1 unspecified atom stereocenters. The first kappa shape index (κ1) is 12.6. The van der Waals surface area contributed by atoms with Gasteiger partial charge in [-0.05, 0) is 5.56 Å². The van der Waals surface area contributed by atoms with Crippen LogP contribution in [-0.4, -0.2) is 17.4 Å². The molecule has 0 spiro atoms. The Hall–Kier alpha value is -2.13. The van der Waals surface area contributed by atoms with Crippen LogP contribution in [0.3, 0.4) is 0 Å². The molecule has 2 atom stereocenters. The second kappa shape index (κ2) is 4.71. The standard InChI is InChI=1S/C18H17NO2/c20-17-11-12-18(15-9-5-2-6-10-15)19(17)16(13-21-18)14-7-3-1-4-8-14/h1-10,16H,11-13H2/t16-,18?/m0/s1. The number of rotatable bonds is 2. The van der Waals surface area contributed by atoms with Gasteiger partial charge in [0.25, 0.3) is 0 Å². The van der Waals surface area contributed by atoms with Gasteiger partial charge in [0.1, 0.15) is 0 Å². The van der Waals surface area contributed by atoms with Gasteiger partial charge in [0, 0.05) is 18.4 Å². The zero-order chi connectivity index (χ0) is 14.3. The number of benzene rings is 2. The normalized spacial score (nSPS) is 27.9. The molecule has 0 aromatic heterocycles. The van der Waals surface area contributed by atoms with Crippen LogP contribution >= 0.6 is 0 Å². The zero-order valence-corrected chi connectivity index (χ0v) is 11.7. The lowest BCUT2D eigenvalue weighted by Crippen LogP contribution is -2.40. The topological polar surface area (TPSA) is 29.5 Å². The molecule has 3 heteroatoms. The molecule has 0 radical (unpaired) electrons. The van der Waals surface area contributed by atoms with Crippen LogP contribution < -0.4 is 0 Å². The van der Waals surface area contributed by atoms with Crippen LogP contribution in [0.1, 0.15) is 30.0 Å². The van der Waals surface area contributed by atoms with E-state index >= 15 is 0 Å². The van der Waals surface area contributed by atoms with Gasteiger partial charge in [0.2, 0.25) is 5.91 Å². The molecule has 1 amide bonds. The van der Waals surface area contributed by atoms with E-state index in [0.717, 1.165) is 17.5 Å². The Morgan fingerprint density at radius 1 is 1.00 bits per heavy atom. The van der Waals surface area contributed by atoms with E-state index in [1.807, 2.05) is 41.3 Å². The van der Waals surface area contributed by atoms with Gasteiger partial charge in [-0.3, -0.25) is 4.79 Å². The largest absolute Gasteiger partial charge is 0.349 e. The van der Waals surface area contributed by atoms with Crippen molar-refractivity contribution in [3.63, 3.8) is 0 Å². The van der Waals surface area contributed by atoms with Crippen LogP contribution in [0.15, 0.2) is 60.7 Å². The Morgan fingerprint density at radius 2 is 1.67 bits per heavy atom. The molecular weight excluding hydrogens is 262 g/mol. The van der Waals surface area contributed by atoms with E-state index in [2.05, 4.69) is 24.3 Å². The summed E-state index contributed by atoms with van der Waals surface area (Å²) in [5.74, 6) is 0.185. The number of hydrogen-bond acceptors (Lipinski definition) is 2. The minimum atomic E-state index is -0.571. The van der Waals surface area contributed by atoms with Crippen molar-refractivity contribution in [1.29, 1.82) is 0 Å². The first-order chi connectivity index (χ1) is 10.3. The fraction of sp³-hybridized carbons (Fsp3) is 0.278. The molecule has 2 aromatic carbocycles. The maximum atomic E-state index is 12.5. The van der Waals surface area contributed by atoms with Gasteiger partial charge >= 0.3 is 0 Å². The highest BCUT2D eigenvalue weighted by atomic mass is 16.5. The van der Waals surface area contributed by atoms with Crippen LogP contribution in [0.4, 0.5) is 0 Å². The highest BCUT2D eigenvalue weighted by molar-refractivity contribution is 5.80. The van der Waals surface area contributed by atoms with Crippen LogP contribution in [0.2, 0.25) is 0 Å². The molecule has 2 aromatic rings. The van der Waals surface area contributed by atoms with E-state index in [0.29, 0.717) is 13.0 Å². The number of hydrogen-bond donors (Lipinski definition) is 0. The van der Waals surface area contributed by atoms with Crippen LogP contribution in [0.5, 0.6) is 0 Å². The van der Waals surface area contributed by atoms with E-state index in [-0.39, 0.29) is 11.9 Å². The molecule has 0 bridgehead atoms. The summed E-state index contributed by atoms with van der Waals surface area (Å²) in [5.41, 5.74) is 1.65. The monoisotopic (exact) mass is 279 g/mol. The molecule has 21 heavy (non-hydrogen) atoms. The molecule has 0 saturated carbocycles. The SMILES string of the molecule is O=C1CCC2(c3ccccc3)OC[C@@H](c3ccccc3)N12. The van der Waals surface area contributed by atoms with Crippen molar-refractivity contribution in [3.05, 3.63) is 71.8 Å². The van der Waals surface area contributed by atoms with E-state index < -0.39 is 5.72 Å². The van der Waals surface area contributed by atoms with Crippen LogP contribution in [0, 0.1) is 0 Å². The summed E-state index contributed by atoms with van der Waals surface area (Å²) in [5, 5.41) is 0. The smallest absolute Gasteiger partial charge is 0.225 e. The summed E-state index contributed by atoms with van der Waals surface area (Å²) in [6.07, 6.45) is 1.29. The minimum absolute atomic E-state index is 0.0152. The number of amides is 1. The summed E-state index contributed by atoms with van der Waals surface area (Å²) < 4.78 is 6.19. The summed E-state index contributed by atoms with van der Waals surface area (Å²) in [6.45, 7) is 0.560. The number of fused-ring (bicyclic) bond motifs is 1. The van der Waals surface area contributed by atoms with E-state index in [1.54, 1.807) is 0 Å². The number of carbonyl (C=O) groups excluding carboxylic acids is 1. The van der Waals surface area contributed by atoms with Gasteiger partial charge in [0.05, 0.1) is 12.6 Å². The molecule has 2 fully saturated rings. The molecule has 3 nitrogen and oxygen atoms in total. The highest BCUT2D eigenvalue weighted by Crippen LogP contribution is 2.50. The Bertz CT molecular complexity index is 655. The average molecular weight is 279 g/mol. The van der Waals surface area contributed by atoms with Gasteiger partial charge in [-0.2, -0.15) is 0 Å². The van der Waals surface area contributed by atoms with Crippen LogP contribution in [-0.2, 0) is 15.3 Å². The molecular formula is C18H17NO2. The van der Waals surface area contributed by atoms with E-state index in [4.69, 9.17) is 4.74 Å². The van der Waals surface area contributed by atoms with Gasteiger partial charge in [-0.25, -0.2) is 0 Å². The number of ether oxygens (including phenoxy) is 1. The third-order valence-electron chi connectivity index (χ3n) is 4.54. The summed E-state index contributed by atoms with van der Waals surface area (Å²) >= 11 is 0. The fourth-order valence-corrected chi connectivity index (χ4v) is 3.56. The van der Waals surface area contributed by atoms with Crippen molar-refractivity contribution in [2.75, 3.05) is 6.61 Å². The minimum Gasteiger partial charge on any atom is -0.349 e. The maximum Gasteiger partial charge on any atom is 0.225 e. The van der Waals surface area contributed by atoms with Crippen molar-refractivity contribution in [1.82, 2.24) is 4.90 Å². The summed E-state index contributed by atoms with van der Waals surface area (Å²) in [6, 6.07) is 20.3. The average Bonchev–Trinajstić information content (AvgIpc) is 3.09. The molecule has 0 N–H and O–H groups in total. The second-order valence-corrected chi connectivity index (χ2v) is 5.65. The third kappa shape index (κ3) is 1.81. The summed E-state index contributed by atoms with van der Waals surface area (Å²) in [4.78, 5) is 14.4. The maximum absolute atomic E-state index is 12.5. The molecule has 0 aliphatic carbocycles. The van der Waals surface area contributed by atoms with Gasteiger partial charge in [-0.1, -0.05) is 60.7 Å². The molecule has 2 aliphatic rings. The Kier molecular flexibility index (Phi) is 2.82. The number of nitrogens with zero attached hydrogens (tertiary/aromatic N) is 1. The lowest BCUT2D eigenvalue weighted by atomic mass is 9.99. The zero-order valence-electron chi connectivity index (χ0n) is 11.7. The fourth-order valence-electron chi connectivity index (χ4n) is 3.56. The summed E-state index contributed by atoms with van der Waals surface area (Å²) in [7, 11) is 0. The van der Waals surface area contributed by atoms with Crippen molar-refractivity contribution < 1.29 is 9.53 Å². The predicted octanol–water partition coefficient (Wildman–Crippen LogP) is 3.23. The lowest BCUT2D eigenvalue weighted by molar-refractivity contribution is -0.139. The van der Waals surface area contributed by atoms with Gasteiger partial charge < -0.3 is 9.64 Å². The third-order valence-corrected chi connectivity index (χ3v) is 4.54. The van der Waals surface area contributed by atoms with Crippen molar-refractivity contribution in [2.45, 2.75) is 24.6 Å². The van der Waals surface area contributed by atoms with Crippen LogP contribution in [0.25, 0.3) is 0 Å². The predicted molar refractivity (Wildman–Crippen MR) is 79.3 cm³/mol. The Morgan fingerprint density at radius 3 is 2.38 bits per heavy atom. The van der Waals surface area contributed by atoms with E-state index in [9.17, 15) is 4.79 Å². The number of carbonyl (C=O) groups is 1. The first-order valence-electron chi connectivity index (χ1n) is 7.38. The lowest BCUT2D eigenvalue weighted by Gasteiger charge is -2.33. The Balaban J connectivity index is 1.78. The van der Waals surface area contributed by atoms with Crippen molar-refractivity contribution in [3.8, 4) is 0 Å². The van der Waals surface area contributed by atoms with E-state index in [1.165, 1.54) is 0 Å². The molecule has 2 heterocycles. The van der Waals surface area contributed by atoms with Crippen molar-refractivity contribution in [2.24, 2.45) is 0 Å². The first-order valence-corrected chi connectivity index (χ1v) is 7.38. The second-order valence-electron chi connectivity index (χ2n) is 5.65. The van der Waals surface area contributed by atoms with Gasteiger partial charge in [0.15, 0.2) is 5.72 Å². The molecule has 106 valence electrons.